The Labute approximate surface area is 486 Å². The summed E-state index contributed by atoms with van der Waals surface area (Å²) in [6.07, 6.45) is 8.74. The van der Waals surface area contributed by atoms with Crippen molar-refractivity contribution in [3.63, 3.8) is 0 Å². The van der Waals surface area contributed by atoms with Crippen molar-refractivity contribution < 1.29 is 13.2 Å². The Morgan fingerprint density at radius 1 is 0.684 bits per heavy atom. The van der Waals surface area contributed by atoms with Gasteiger partial charge in [0.15, 0.2) is 0 Å². The molecule has 0 aromatic heterocycles. The van der Waals surface area contributed by atoms with Crippen LogP contribution in [0.4, 0.5) is 13.2 Å². The van der Waals surface area contributed by atoms with Gasteiger partial charge in [0, 0.05) is 133 Å². The molecule has 15 heteroatoms. The molecular formula is C64H115ClF3N11. The van der Waals surface area contributed by atoms with Gasteiger partial charge in [0.05, 0.1) is 10.6 Å². The zero-order valence-corrected chi connectivity index (χ0v) is 52.9. The highest BCUT2D eigenvalue weighted by molar-refractivity contribution is 6.31. The molecule has 3 fully saturated rings. The molecule has 0 amide bonds. The van der Waals surface area contributed by atoms with E-state index in [1.807, 2.05) is 0 Å². The number of halogens is 4. The summed E-state index contributed by atoms with van der Waals surface area (Å²) in [5.41, 5.74) is 1.53. The molecule has 454 valence electrons. The van der Waals surface area contributed by atoms with Gasteiger partial charge in [0.2, 0.25) is 0 Å². The third-order valence-corrected chi connectivity index (χ3v) is 19.0. The van der Waals surface area contributed by atoms with E-state index >= 15 is 0 Å². The molecular weight excluding hydrogens is 1020 g/mol. The largest absolute Gasteiger partial charge is 0.417 e. The van der Waals surface area contributed by atoms with Crippen LogP contribution in [0, 0.1) is 17.8 Å². The fraction of sp³-hybridized carbons (Fsp3) is 0.812. The van der Waals surface area contributed by atoms with Crippen LogP contribution in [0.1, 0.15) is 129 Å². The van der Waals surface area contributed by atoms with E-state index in [1.54, 1.807) is 6.07 Å². The van der Waals surface area contributed by atoms with Gasteiger partial charge in [-0.2, -0.15) is 13.2 Å². The van der Waals surface area contributed by atoms with Gasteiger partial charge in [-0.25, -0.2) is 0 Å². The Balaban J connectivity index is 1.36. The van der Waals surface area contributed by atoms with Crippen LogP contribution in [0.25, 0.3) is 0 Å². The van der Waals surface area contributed by atoms with E-state index in [0.29, 0.717) is 60.4 Å². The number of hydrogen-bond acceptors (Lipinski definition) is 11. The molecule has 1 saturated carbocycles. The number of aryl methyl sites for hydroxylation is 1. The Morgan fingerprint density at radius 3 is 2.04 bits per heavy atom. The highest BCUT2D eigenvalue weighted by Crippen LogP contribution is 2.36. The summed E-state index contributed by atoms with van der Waals surface area (Å²) in [4.78, 5) is 18.1. The minimum absolute atomic E-state index is 0.0939. The topological polar surface area (TPSA) is 70.8 Å². The van der Waals surface area contributed by atoms with Crippen molar-refractivity contribution in [3.05, 3.63) is 70.2 Å². The zero-order chi connectivity index (χ0) is 57.7. The highest BCUT2D eigenvalue weighted by Gasteiger charge is 2.39. The first-order chi connectivity index (χ1) is 37.5. The van der Waals surface area contributed by atoms with Gasteiger partial charge >= 0.3 is 6.18 Å². The van der Waals surface area contributed by atoms with Crippen molar-refractivity contribution >= 4 is 11.6 Å². The fourth-order valence-corrected chi connectivity index (χ4v) is 13.3. The summed E-state index contributed by atoms with van der Waals surface area (Å²) in [6, 6.07) is 17.9. The van der Waals surface area contributed by atoms with E-state index in [2.05, 4.69) is 177 Å². The first-order valence-corrected chi connectivity index (χ1v) is 31.7. The van der Waals surface area contributed by atoms with Crippen LogP contribution >= 0.6 is 11.6 Å². The van der Waals surface area contributed by atoms with Crippen LogP contribution in [0.15, 0.2) is 48.5 Å². The van der Waals surface area contributed by atoms with Crippen LogP contribution in [0.5, 0.6) is 0 Å². The lowest BCUT2D eigenvalue weighted by atomic mass is 9.93. The van der Waals surface area contributed by atoms with Gasteiger partial charge in [-0.1, -0.05) is 109 Å². The van der Waals surface area contributed by atoms with E-state index in [0.717, 1.165) is 135 Å². The third kappa shape index (κ3) is 23.6. The lowest BCUT2D eigenvalue weighted by Gasteiger charge is -2.41. The molecule has 0 radical (unpaired) electrons. The number of rotatable bonds is 10. The molecule has 2 aromatic carbocycles. The Hall–Kier alpha value is -1.92. The lowest BCUT2D eigenvalue weighted by molar-refractivity contribution is -0.137. The summed E-state index contributed by atoms with van der Waals surface area (Å²) in [5, 5.41) is 16.2. The molecule has 11 nitrogen and oxygen atoms in total. The molecule has 2 heterocycles. The molecule has 5 rings (SSSR count). The smallest absolute Gasteiger partial charge is 0.313 e. The predicted molar refractivity (Wildman–Crippen MR) is 330 cm³/mol. The average molecular weight is 1130 g/mol. The van der Waals surface area contributed by atoms with E-state index in [4.69, 9.17) is 11.6 Å². The molecule has 2 aliphatic heterocycles. The second-order valence-electron chi connectivity index (χ2n) is 26.3. The average Bonchev–Trinajstić information content (AvgIpc) is 4.08. The lowest BCUT2D eigenvalue weighted by Crippen LogP contribution is -2.58. The summed E-state index contributed by atoms with van der Waals surface area (Å²) in [5.74, 6) is 1.74. The van der Waals surface area contributed by atoms with E-state index in [1.165, 1.54) is 56.6 Å². The number of hydrogen-bond donors (Lipinski definition) is 4. The van der Waals surface area contributed by atoms with Crippen molar-refractivity contribution in [2.75, 3.05) is 140 Å². The molecule has 8 atom stereocenters. The maximum Gasteiger partial charge on any atom is 0.417 e. The van der Waals surface area contributed by atoms with Crippen LogP contribution in [0.2, 0.25) is 5.02 Å². The standard InChI is InChI=1S/C64H115ClF3N11/c1-14-51(6)61-47-75(10)36-35-73(8)37-38-77(12)58(40-53-21-16-15-17-22-53)46-74(9)34-31-69-55(26-24-54-25-27-59(60(65)41-54)64(66,67)68)45-79-32-20-23-56(79)43-72-63(29-18-19-30-63)48-78(13)62(50(4)5)44-70-52(7)28-33-76(11)57(42-71-61)39-49(2)3/h15-17,21-22,25,27,41,49-52,55-58,61-62,69-72H,14,18-20,23-24,26,28-40,42-48H2,1-13H3/t51-,52+,55-,56-,57-,58-,61+,62+/m0/s1. The van der Waals surface area contributed by atoms with Crippen molar-refractivity contribution in [2.24, 2.45) is 17.8 Å². The summed E-state index contributed by atoms with van der Waals surface area (Å²) in [6.45, 7) is 31.5. The van der Waals surface area contributed by atoms with Crippen molar-refractivity contribution in [2.45, 2.75) is 180 Å². The number of benzene rings is 2. The Morgan fingerprint density at radius 2 is 1.37 bits per heavy atom. The van der Waals surface area contributed by atoms with Gasteiger partial charge < -0.3 is 50.7 Å². The molecule has 0 bridgehead atoms. The van der Waals surface area contributed by atoms with Crippen molar-refractivity contribution in [1.82, 2.24) is 55.6 Å². The molecule has 1 spiro atoms. The maximum atomic E-state index is 13.7. The van der Waals surface area contributed by atoms with Crippen LogP contribution in [0.3, 0.4) is 0 Å². The molecule has 0 unspecified atom stereocenters. The molecule has 1 aliphatic carbocycles. The van der Waals surface area contributed by atoms with E-state index in [9.17, 15) is 13.2 Å². The van der Waals surface area contributed by atoms with Gasteiger partial charge in [-0.3, -0.25) is 4.90 Å². The first-order valence-electron chi connectivity index (χ1n) is 31.3. The summed E-state index contributed by atoms with van der Waals surface area (Å²) >= 11 is 6.27. The number of nitrogens with one attached hydrogen (secondary N) is 4. The van der Waals surface area contributed by atoms with Crippen LogP contribution in [-0.2, 0) is 19.0 Å². The number of alkyl halides is 3. The fourth-order valence-electron chi connectivity index (χ4n) is 13.0. The Kier molecular flexibility index (Phi) is 29.3. The monoisotopic (exact) mass is 1130 g/mol. The second-order valence-corrected chi connectivity index (χ2v) is 26.7. The minimum atomic E-state index is -4.47. The Bertz CT molecular complexity index is 1960. The summed E-state index contributed by atoms with van der Waals surface area (Å²) in [7, 11) is 13.9. The number of likely N-dealkylation sites (N-methyl/N-ethyl adjacent to an activating group) is 6. The van der Waals surface area contributed by atoms with Crippen molar-refractivity contribution in [3.8, 4) is 0 Å². The normalized spacial score (nSPS) is 28.6. The zero-order valence-electron chi connectivity index (χ0n) is 52.1. The third-order valence-electron chi connectivity index (χ3n) is 18.7. The summed E-state index contributed by atoms with van der Waals surface area (Å²) < 4.78 is 41.2. The molecule has 3 aliphatic rings. The first kappa shape index (κ1) is 67.9. The van der Waals surface area contributed by atoms with E-state index < -0.39 is 11.7 Å². The minimum Gasteiger partial charge on any atom is -0.313 e. The molecule has 2 aromatic rings. The van der Waals surface area contributed by atoms with Gasteiger partial charge in [-0.05, 0) is 161 Å². The molecule has 2 saturated heterocycles. The van der Waals surface area contributed by atoms with Gasteiger partial charge in [0.25, 0.3) is 0 Å². The predicted octanol–water partition coefficient (Wildman–Crippen LogP) is 9.64. The van der Waals surface area contributed by atoms with Gasteiger partial charge in [-0.15, -0.1) is 0 Å². The van der Waals surface area contributed by atoms with Crippen LogP contribution in [-0.4, -0.2) is 223 Å². The van der Waals surface area contributed by atoms with E-state index in [-0.39, 0.29) is 16.6 Å². The highest BCUT2D eigenvalue weighted by atomic mass is 35.5. The molecule has 4 N–H and O–H groups in total. The second kappa shape index (κ2) is 34.1. The number of nitrogens with zero attached hydrogens (tertiary/aromatic N) is 7. The van der Waals surface area contributed by atoms with Gasteiger partial charge in [0.1, 0.15) is 0 Å². The quantitative estimate of drug-likeness (QED) is 0.184. The van der Waals surface area contributed by atoms with Crippen molar-refractivity contribution in [1.29, 1.82) is 0 Å². The molecule has 79 heavy (non-hydrogen) atoms. The number of fused-ring (bicyclic) bond motifs is 1. The maximum absolute atomic E-state index is 13.7. The SMILES string of the molecule is CC[C@H](C)[C@H]1CN(C)CCN(C)CCN(C)[C@@H](Cc2ccccc2)CN(C)CCN[C@@H](CCc2ccc(C(F)(F)F)c(Cl)c2)CN2CCC[C@H]2CNC2(CCCC2)CN(C)[C@@H](C(C)C)CN[C@H](C)CCN(C)[C@@H](CC(C)C)CN1. The van der Waals surface area contributed by atoms with Crippen LogP contribution < -0.4 is 21.3 Å².